The molecular weight excluding hydrogens is 278 g/mol. The SMILES string of the molecule is CN(C(=O)COc1cc2c(cc1C(=O)O)OCO2)C1CC1. The number of carbonyl (C=O) groups is 2. The Morgan fingerprint density at radius 3 is 2.62 bits per heavy atom. The number of carbonyl (C=O) groups excluding carboxylic acids is 1. The second-order valence-electron chi connectivity index (χ2n) is 5.03. The summed E-state index contributed by atoms with van der Waals surface area (Å²) in [6.07, 6.45) is 2.01. The monoisotopic (exact) mass is 293 g/mol. The van der Waals surface area contributed by atoms with E-state index in [1.165, 1.54) is 12.1 Å². The molecule has 1 heterocycles. The van der Waals surface area contributed by atoms with Gasteiger partial charge < -0.3 is 24.2 Å². The molecule has 1 fully saturated rings. The molecule has 2 aliphatic rings. The van der Waals surface area contributed by atoms with Crippen LogP contribution in [0.1, 0.15) is 23.2 Å². The molecule has 7 heteroatoms. The molecule has 3 rings (SSSR count). The largest absolute Gasteiger partial charge is 0.483 e. The molecule has 0 unspecified atom stereocenters. The third kappa shape index (κ3) is 2.72. The minimum atomic E-state index is -1.15. The van der Waals surface area contributed by atoms with Gasteiger partial charge in [-0.05, 0) is 12.8 Å². The first kappa shape index (κ1) is 13.5. The maximum atomic E-state index is 11.9. The Balaban J connectivity index is 1.74. The van der Waals surface area contributed by atoms with Crippen LogP contribution in [0.5, 0.6) is 17.2 Å². The van der Waals surface area contributed by atoms with Crippen molar-refractivity contribution >= 4 is 11.9 Å². The van der Waals surface area contributed by atoms with Crippen molar-refractivity contribution in [2.45, 2.75) is 18.9 Å². The van der Waals surface area contributed by atoms with Crippen molar-refractivity contribution in [1.82, 2.24) is 4.90 Å². The molecule has 1 aliphatic heterocycles. The number of rotatable bonds is 5. The van der Waals surface area contributed by atoms with Gasteiger partial charge in [-0.15, -0.1) is 0 Å². The highest BCUT2D eigenvalue weighted by atomic mass is 16.7. The maximum absolute atomic E-state index is 11.9. The van der Waals surface area contributed by atoms with E-state index in [0.29, 0.717) is 11.5 Å². The number of benzene rings is 1. The number of nitrogens with zero attached hydrogens (tertiary/aromatic N) is 1. The van der Waals surface area contributed by atoms with Crippen LogP contribution in [0.4, 0.5) is 0 Å². The lowest BCUT2D eigenvalue weighted by Crippen LogP contribution is -2.33. The highest BCUT2D eigenvalue weighted by Crippen LogP contribution is 2.38. The fourth-order valence-corrected chi connectivity index (χ4v) is 2.12. The number of fused-ring (bicyclic) bond motifs is 1. The first-order chi connectivity index (χ1) is 10.1. The van der Waals surface area contributed by atoms with E-state index in [4.69, 9.17) is 14.2 Å². The number of ether oxygens (including phenoxy) is 3. The fraction of sp³-hybridized carbons (Fsp3) is 0.429. The zero-order chi connectivity index (χ0) is 15.0. The van der Waals surface area contributed by atoms with Gasteiger partial charge in [-0.2, -0.15) is 0 Å². The first-order valence-corrected chi connectivity index (χ1v) is 6.61. The molecule has 112 valence electrons. The zero-order valence-electron chi connectivity index (χ0n) is 11.5. The number of carboxylic acids is 1. The summed E-state index contributed by atoms with van der Waals surface area (Å²) in [5, 5.41) is 9.20. The Labute approximate surface area is 121 Å². The average molecular weight is 293 g/mol. The minimum absolute atomic E-state index is 0.0429. The molecule has 1 aromatic carbocycles. The number of hydrogen-bond donors (Lipinski definition) is 1. The molecule has 1 N–H and O–H groups in total. The third-order valence-corrected chi connectivity index (χ3v) is 3.54. The fourth-order valence-electron chi connectivity index (χ4n) is 2.12. The summed E-state index contributed by atoms with van der Waals surface area (Å²) < 4.78 is 15.7. The van der Waals surface area contributed by atoms with Gasteiger partial charge in [-0.25, -0.2) is 4.79 Å². The van der Waals surface area contributed by atoms with Crippen molar-refractivity contribution in [3.05, 3.63) is 17.7 Å². The lowest BCUT2D eigenvalue weighted by molar-refractivity contribution is -0.132. The van der Waals surface area contributed by atoms with E-state index in [1.807, 2.05) is 0 Å². The molecule has 0 radical (unpaired) electrons. The van der Waals surface area contributed by atoms with E-state index < -0.39 is 5.97 Å². The van der Waals surface area contributed by atoms with Gasteiger partial charge in [0.25, 0.3) is 5.91 Å². The molecule has 21 heavy (non-hydrogen) atoms. The van der Waals surface area contributed by atoms with Crippen LogP contribution >= 0.6 is 0 Å². The second-order valence-corrected chi connectivity index (χ2v) is 5.03. The Kier molecular flexibility index (Phi) is 3.32. The van der Waals surface area contributed by atoms with Crippen LogP contribution < -0.4 is 14.2 Å². The van der Waals surface area contributed by atoms with E-state index in [2.05, 4.69) is 0 Å². The predicted octanol–water partition coefficient (Wildman–Crippen LogP) is 1.11. The van der Waals surface area contributed by atoms with Gasteiger partial charge in [0, 0.05) is 25.2 Å². The second kappa shape index (κ2) is 5.16. The Bertz CT molecular complexity index is 595. The molecule has 0 aromatic heterocycles. The van der Waals surface area contributed by atoms with Gasteiger partial charge in [0.1, 0.15) is 11.3 Å². The summed E-state index contributed by atoms with van der Waals surface area (Å²) in [6.45, 7) is -0.159. The number of likely N-dealkylation sites (N-methyl/N-ethyl adjacent to an activating group) is 1. The van der Waals surface area contributed by atoms with Crippen LogP contribution in [-0.2, 0) is 4.79 Å². The average Bonchev–Trinajstić information content (AvgIpc) is 3.21. The highest BCUT2D eigenvalue weighted by Gasteiger charge is 2.30. The van der Waals surface area contributed by atoms with Crippen molar-refractivity contribution in [3.63, 3.8) is 0 Å². The summed E-state index contributed by atoms with van der Waals surface area (Å²) in [7, 11) is 1.72. The minimum Gasteiger partial charge on any atom is -0.483 e. The van der Waals surface area contributed by atoms with Gasteiger partial charge in [-0.3, -0.25) is 4.79 Å². The molecule has 7 nitrogen and oxygen atoms in total. The number of carboxylic acid groups (broad SMARTS) is 1. The van der Waals surface area contributed by atoms with E-state index in [1.54, 1.807) is 11.9 Å². The molecule has 0 bridgehead atoms. The number of aromatic carboxylic acids is 1. The van der Waals surface area contributed by atoms with E-state index in [0.717, 1.165) is 12.8 Å². The van der Waals surface area contributed by atoms with E-state index in [-0.39, 0.29) is 36.7 Å². The molecular formula is C14H15NO6. The molecule has 1 saturated carbocycles. The van der Waals surface area contributed by atoms with Crippen molar-refractivity contribution in [3.8, 4) is 17.2 Å². The number of amides is 1. The first-order valence-electron chi connectivity index (χ1n) is 6.61. The van der Waals surface area contributed by atoms with Gasteiger partial charge in [0.15, 0.2) is 18.1 Å². The number of hydrogen-bond acceptors (Lipinski definition) is 5. The molecule has 0 saturated heterocycles. The molecule has 0 spiro atoms. The quantitative estimate of drug-likeness (QED) is 0.875. The van der Waals surface area contributed by atoms with Gasteiger partial charge in [0.05, 0.1) is 0 Å². The van der Waals surface area contributed by atoms with Crippen molar-refractivity contribution in [2.24, 2.45) is 0 Å². The smallest absolute Gasteiger partial charge is 0.339 e. The standard InChI is InChI=1S/C14H15NO6/c1-15(8-2-3-8)13(16)6-19-10-5-12-11(20-7-21-12)4-9(10)14(17)18/h4-5,8H,2-3,6-7H2,1H3,(H,17,18). The molecule has 1 aromatic rings. The van der Waals surface area contributed by atoms with Gasteiger partial charge in [-0.1, -0.05) is 0 Å². The van der Waals surface area contributed by atoms with Crippen LogP contribution in [0.3, 0.4) is 0 Å². The maximum Gasteiger partial charge on any atom is 0.339 e. The topological polar surface area (TPSA) is 85.3 Å². The summed E-state index contributed by atoms with van der Waals surface area (Å²) in [5.74, 6) is -0.443. The lowest BCUT2D eigenvalue weighted by Gasteiger charge is -2.17. The van der Waals surface area contributed by atoms with Crippen LogP contribution in [-0.4, -0.2) is 48.4 Å². The lowest BCUT2D eigenvalue weighted by atomic mass is 10.2. The molecule has 1 aliphatic carbocycles. The van der Waals surface area contributed by atoms with Crippen LogP contribution in [0.2, 0.25) is 0 Å². The van der Waals surface area contributed by atoms with Gasteiger partial charge >= 0.3 is 5.97 Å². The predicted molar refractivity (Wildman–Crippen MR) is 70.8 cm³/mol. The van der Waals surface area contributed by atoms with Crippen LogP contribution in [0.25, 0.3) is 0 Å². The van der Waals surface area contributed by atoms with Gasteiger partial charge in [0.2, 0.25) is 6.79 Å². The summed E-state index contributed by atoms with van der Waals surface area (Å²) >= 11 is 0. The Hall–Kier alpha value is -2.44. The summed E-state index contributed by atoms with van der Waals surface area (Å²) in [4.78, 5) is 24.8. The zero-order valence-corrected chi connectivity index (χ0v) is 11.5. The molecule has 0 atom stereocenters. The van der Waals surface area contributed by atoms with E-state index in [9.17, 15) is 14.7 Å². The highest BCUT2D eigenvalue weighted by molar-refractivity contribution is 5.92. The van der Waals surface area contributed by atoms with Crippen molar-refractivity contribution in [2.75, 3.05) is 20.4 Å². The van der Waals surface area contributed by atoms with Crippen LogP contribution in [0.15, 0.2) is 12.1 Å². The van der Waals surface area contributed by atoms with E-state index >= 15 is 0 Å². The van der Waals surface area contributed by atoms with Crippen molar-refractivity contribution in [1.29, 1.82) is 0 Å². The normalized spacial score (nSPS) is 15.7. The Morgan fingerprint density at radius 1 is 1.33 bits per heavy atom. The van der Waals surface area contributed by atoms with Crippen LogP contribution in [0, 0.1) is 0 Å². The van der Waals surface area contributed by atoms with Crippen molar-refractivity contribution < 1.29 is 28.9 Å². The summed E-state index contributed by atoms with van der Waals surface area (Å²) in [6, 6.07) is 3.07. The molecule has 1 amide bonds. The Morgan fingerprint density at radius 2 is 2.00 bits per heavy atom. The summed E-state index contributed by atoms with van der Waals surface area (Å²) in [5.41, 5.74) is -0.0545. The third-order valence-electron chi connectivity index (χ3n) is 3.54.